The minimum absolute atomic E-state index is 0.274. The maximum Gasteiger partial charge on any atom is 0.129 e. The molecule has 0 fully saturated rings. The molecule has 0 amide bonds. The van der Waals surface area contributed by atoms with E-state index in [4.69, 9.17) is 5.73 Å². The zero-order valence-corrected chi connectivity index (χ0v) is 14.9. The van der Waals surface area contributed by atoms with E-state index in [0.29, 0.717) is 5.82 Å². The quantitative estimate of drug-likeness (QED) is 0.617. The fraction of sp³-hybridized carbons (Fsp3) is 0.0714. The van der Waals surface area contributed by atoms with E-state index in [9.17, 15) is 4.39 Å². The van der Waals surface area contributed by atoms with Crippen LogP contribution in [0, 0.1) is 5.82 Å². The molecule has 2 N–H and O–H groups in total. The molecule has 3 rings (SSSR count). The highest BCUT2D eigenvalue weighted by Gasteiger charge is 2.19. The third kappa shape index (κ3) is 2.65. The molecular formula is C14H10Br2FN3S. The molecule has 1 aromatic carbocycles. The average Bonchev–Trinajstić information content (AvgIpc) is 2.93. The Morgan fingerprint density at radius 3 is 2.48 bits per heavy atom. The molecule has 0 aliphatic heterocycles. The number of nitrogens with zero attached hydrogens (tertiary/aromatic N) is 2. The molecule has 21 heavy (non-hydrogen) atoms. The molecular weight excluding hydrogens is 421 g/mol. The normalized spacial score (nSPS) is 11.0. The van der Waals surface area contributed by atoms with Gasteiger partial charge in [-0.15, -0.1) is 11.3 Å². The van der Waals surface area contributed by atoms with Gasteiger partial charge in [-0.2, -0.15) is 5.10 Å². The average molecular weight is 431 g/mol. The summed E-state index contributed by atoms with van der Waals surface area (Å²) >= 11 is 8.53. The predicted octanol–water partition coefficient (Wildman–Crippen LogP) is 5.06. The molecule has 3 aromatic rings. The minimum Gasteiger partial charge on any atom is -0.383 e. The fourth-order valence-electron chi connectivity index (χ4n) is 2.07. The molecule has 7 heteroatoms. The lowest BCUT2D eigenvalue weighted by Crippen LogP contribution is -1.97. The number of nitrogen functional groups attached to an aromatic ring is 1. The van der Waals surface area contributed by atoms with Crippen molar-refractivity contribution in [1.29, 1.82) is 0 Å². The zero-order valence-electron chi connectivity index (χ0n) is 10.9. The molecule has 2 aromatic heterocycles. The monoisotopic (exact) mass is 429 g/mol. The lowest BCUT2D eigenvalue weighted by Gasteiger charge is -2.03. The summed E-state index contributed by atoms with van der Waals surface area (Å²) in [5.74, 6) is 0.279. The number of thiophene rings is 1. The van der Waals surface area contributed by atoms with Crippen LogP contribution in [0.15, 0.2) is 38.6 Å². The molecule has 0 bridgehead atoms. The van der Waals surface area contributed by atoms with Gasteiger partial charge in [0.25, 0.3) is 0 Å². The molecule has 2 heterocycles. The summed E-state index contributed by atoms with van der Waals surface area (Å²) in [5, 5.41) is 4.50. The molecule has 108 valence electrons. The summed E-state index contributed by atoms with van der Waals surface area (Å²) in [6.07, 6.45) is 0. The molecule has 0 saturated heterocycles. The maximum absolute atomic E-state index is 13.1. The Hall–Kier alpha value is -1.18. The second-order valence-corrected chi connectivity index (χ2v) is 7.70. The first-order valence-corrected chi connectivity index (χ1v) is 8.41. The van der Waals surface area contributed by atoms with Crippen LogP contribution >= 0.6 is 43.2 Å². The standard InChI is InChI=1S/C14H10Br2FN3S/c1-20-14(18)11(7-2-4-8(17)5-3-7)12(19-20)10-6-9(15)13(16)21-10/h2-6H,18H2,1H3. The van der Waals surface area contributed by atoms with Crippen LogP contribution in [0.1, 0.15) is 0 Å². The van der Waals surface area contributed by atoms with Gasteiger partial charge in [0, 0.05) is 11.5 Å². The van der Waals surface area contributed by atoms with Gasteiger partial charge in [-0.05, 0) is 55.6 Å². The Labute approximate surface area is 141 Å². The van der Waals surface area contributed by atoms with Gasteiger partial charge in [0.2, 0.25) is 0 Å². The van der Waals surface area contributed by atoms with Gasteiger partial charge in [-0.1, -0.05) is 12.1 Å². The Morgan fingerprint density at radius 2 is 1.90 bits per heavy atom. The smallest absolute Gasteiger partial charge is 0.129 e. The molecule has 0 radical (unpaired) electrons. The van der Waals surface area contributed by atoms with Crippen molar-refractivity contribution in [2.75, 3.05) is 5.73 Å². The lowest BCUT2D eigenvalue weighted by atomic mass is 10.0. The fourth-order valence-corrected chi connectivity index (χ4v) is 4.10. The number of nitrogens with two attached hydrogens (primary N) is 1. The highest BCUT2D eigenvalue weighted by Crippen LogP contribution is 2.43. The van der Waals surface area contributed by atoms with E-state index < -0.39 is 0 Å². The van der Waals surface area contributed by atoms with E-state index in [-0.39, 0.29) is 5.82 Å². The van der Waals surface area contributed by atoms with Crippen molar-refractivity contribution < 1.29 is 4.39 Å². The number of anilines is 1. The third-order valence-corrected chi connectivity index (χ3v) is 6.37. The SMILES string of the molecule is Cn1nc(-c2cc(Br)c(Br)s2)c(-c2ccc(F)cc2)c1N. The van der Waals surface area contributed by atoms with E-state index in [1.54, 1.807) is 35.2 Å². The summed E-state index contributed by atoms with van der Waals surface area (Å²) < 4.78 is 16.7. The first-order valence-electron chi connectivity index (χ1n) is 6.01. The van der Waals surface area contributed by atoms with Crippen LogP contribution in [0.3, 0.4) is 0 Å². The van der Waals surface area contributed by atoms with Gasteiger partial charge in [-0.25, -0.2) is 4.39 Å². The van der Waals surface area contributed by atoms with Crippen molar-refractivity contribution >= 4 is 49.0 Å². The summed E-state index contributed by atoms with van der Waals surface area (Å²) in [6, 6.07) is 8.26. The molecule has 0 spiro atoms. The van der Waals surface area contributed by atoms with Crippen LogP contribution in [0.4, 0.5) is 10.2 Å². The molecule has 0 atom stereocenters. The summed E-state index contributed by atoms with van der Waals surface area (Å²) in [4.78, 5) is 0.986. The van der Waals surface area contributed by atoms with Crippen LogP contribution in [0.5, 0.6) is 0 Å². The molecule has 0 aliphatic rings. The van der Waals surface area contributed by atoms with E-state index >= 15 is 0 Å². The number of halogens is 3. The second-order valence-electron chi connectivity index (χ2n) is 4.47. The number of aryl methyl sites for hydroxylation is 1. The number of rotatable bonds is 2. The third-order valence-electron chi connectivity index (χ3n) is 3.10. The first kappa shape index (κ1) is 14.7. The van der Waals surface area contributed by atoms with Crippen molar-refractivity contribution in [1.82, 2.24) is 9.78 Å². The zero-order chi connectivity index (χ0) is 15.1. The van der Waals surface area contributed by atoms with E-state index in [1.165, 1.54) is 12.1 Å². The van der Waals surface area contributed by atoms with Gasteiger partial charge in [-0.3, -0.25) is 4.68 Å². The van der Waals surface area contributed by atoms with Gasteiger partial charge < -0.3 is 5.73 Å². The largest absolute Gasteiger partial charge is 0.383 e. The molecule has 0 unspecified atom stereocenters. The topological polar surface area (TPSA) is 43.8 Å². The molecule has 0 saturated carbocycles. The van der Waals surface area contributed by atoms with Gasteiger partial charge in [0.15, 0.2) is 0 Å². The van der Waals surface area contributed by atoms with E-state index in [1.807, 2.05) is 6.07 Å². The van der Waals surface area contributed by atoms with Crippen LogP contribution < -0.4 is 5.73 Å². The Balaban J connectivity index is 2.22. The van der Waals surface area contributed by atoms with E-state index in [0.717, 1.165) is 30.0 Å². The minimum atomic E-state index is -0.274. The van der Waals surface area contributed by atoms with Crippen LogP contribution in [-0.2, 0) is 7.05 Å². The van der Waals surface area contributed by atoms with Crippen LogP contribution in [-0.4, -0.2) is 9.78 Å². The van der Waals surface area contributed by atoms with Crippen LogP contribution in [0.25, 0.3) is 21.7 Å². The highest BCUT2D eigenvalue weighted by molar-refractivity contribution is 9.13. The number of hydrogen-bond donors (Lipinski definition) is 1. The van der Waals surface area contributed by atoms with Crippen molar-refractivity contribution in [2.45, 2.75) is 0 Å². The van der Waals surface area contributed by atoms with Gasteiger partial charge in [0.05, 0.1) is 14.2 Å². The van der Waals surface area contributed by atoms with Crippen LogP contribution in [0.2, 0.25) is 0 Å². The lowest BCUT2D eigenvalue weighted by molar-refractivity contribution is 0.628. The van der Waals surface area contributed by atoms with Crippen molar-refractivity contribution in [3.05, 3.63) is 44.4 Å². The van der Waals surface area contributed by atoms with Crippen molar-refractivity contribution in [3.8, 4) is 21.7 Å². The Kier molecular flexibility index (Phi) is 3.90. The predicted molar refractivity (Wildman–Crippen MR) is 91.7 cm³/mol. The number of aromatic nitrogens is 2. The Bertz CT molecular complexity index is 789. The molecule has 0 aliphatic carbocycles. The number of benzene rings is 1. The highest BCUT2D eigenvalue weighted by atomic mass is 79.9. The van der Waals surface area contributed by atoms with Gasteiger partial charge in [0.1, 0.15) is 17.3 Å². The summed E-state index contributed by atoms with van der Waals surface area (Å²) in [7, 11) is 1.80. The summed E-state index contributed by atoms with van der Waals surface area (Å²) in [5.41, 5.74) is 8.60. The number of hydrogen-bond acceptors (Lipinski definition) is 3. The van der Waals surface area contributed by atoms with Crippen molar-refractivity contribution in [2.24, 2.45) is 7.05 Å². The van der Waals surface area contributed by atoms with E-state index in [2.05, 4.69) is 37.0 Å². The molecule has 3 nitrogen and oxygen atoms in total. The first-order chi connectivity index (χ1) is 9.97. The van der Waals surface area contributed by atoms with Gasteiger partial charge >= 0.3 is 0 Å². The van der Waals surface area contributed by atoms with Crippen molar-refractivity contribution in [3.63, 3.8) is 0 Å². The summed E-state index contributed by atoms with van der Waals surface area (Å²) in [6.45, 7) is 0. The second kappa shape index (κ2) is 5.55. The Morgan fingerprint density at radius 1 is 1.24 bits per heavy atom. The maximum atomic E-state index is 13.1.